The maximum absolute atomic E-state index is 12.2. The van der Waals surface area contributed by atoms with E-state index in [0.29, 0.717) is 6.42 Å². The van der Waals surface area contributed by atoms with Crippen LogP contribution in [-0.2, 0) is 11.2 Å². The van der Waals surface area contributed by atoms with Crippen molar-refractivity contribution in [3.63, 3.8) is 0 Å². The second-order valence-corrected chi connectivity index (χ2v) is 6.93. The first-order chi connectivity index (χ1) is 11.5. The van der Waals surface area contributed by atoms with Crippen LogP contribution in [0.2, 0.25) is 0 Å². The molecule has 4 nitrogen and oxygen atoms in total. The lowest BCUT2D eigenvalue weighted by atomic mass is 10.1. The molecule has 0 aliphatic heterocycles. The van der Waals surface area contributed by atoms with Crippen LogP contribution in [0.5, 0.6) is 0 Å². The Morgan fingerprint density at radius 3 is 2.54 bits per heavy atom. The van der Waals surface area contributed by atoms with E-state index in [1.165, 1.54) is 0 Å². The first-order valence-electron chi connectivity index (χ1n) is 7.88. The van der Waals surface area contributed by atoms with Crippen LogP contribution in [0, 0.1) is 13.8 Å². The zero-order chi connectivity index (χ0) is 17.1. The Bertz CT molecular complexity index is 833. The van der Waals surface area contributed by atoms with Gasteiger partial charge in [0.1, 0.15) is 11.5 Å². The van der Waals surface area contributed by atoms with Gasteiger partial charge in [-0.1, -0.05) is 24.3 Å². The molecule has 3 aromatic rings. The van der Waals surface area contributed by atoms with Crippen molar-refractivity contribution in [2.45, 2.75) is 33.2 Å². The normalized spacial score (nSPS) is 12.1. The Morgan fingerprint density at radius 2 is 1.96 bits per heavy atom. The molecule has 0 radical (unpaired) electrons. The summed E-state index contributed by atoms with van der Waals surface area (Å²) in [6.07, 6.45) is 0.348. The molecule has 0 aliphatic rings. The lowest BCUT2D eigenvalue weighted by Gasteiger charge is -2.11. The lowest BCUT2D eigenvalue weighted by molar-refractivity contribution is -0.121. The predicted molar refractivity (Wildman–Crippen MR) is 96.0 cm³/mol. The van der Waals surface area contributed by atoms with E-state index in [1.807, 2.05) is 62.5 Å². The molecule has 3 rings (SSSR count). The minimum atomic E-state index is -0.136. The molecule has 2 heterocycles. The van der Waals surface area contributed by atoms with Crippen LogP contribution >= 0.6 is 11.3 Å². The van der Waals surface area contributed by atoms with Gasteiger partial charge in [0.15, 0.2) is 0 Å². The smallest absolute Gasteiger partial charge is 0.224 e. The molecule has 24 heavy (non-hydrogen) atoms. The quantitative estimate of drug-likeness (QED) is 0.747. The molecular weight excluding hydrogens is 320 g/mol. The third kappa shape index (κ3) is 3.92. The topological polar surface area (TPSA) is 55.1 Å². The minimum Gasteiger partial charge on any atom is -0.464 e. The Hall–Kier alpha value is -2.40. The summed E-state index contributed by atoms with van der Waals surface area (Å²) in [5.74, 6) is 1.60. The van der Waals surface area contributed by atoms with Crippen LogP contribution in [0.3, 0.4) is 0 Å². The summed E-state index contributed by atoms with van der Waals surface area (Å²) in [5.41, 5.74) is 3.03. The number of nitrogens with one attached hydrogen (secondary N) is 1. The van der Waals surface area contributed by atoms with Crippen molar-refractivity contribution in [1.29, 1.82) is 0 Å². The predicted octanol–water partition coefficient (Wildman–Crippen LogP) is 4.44. The fraction of sp³-hybridized carbons (Fsp3) is 0.263. The van der Waals surface area contributed by atoms with Gasteiger partial charge in [-0.3, -0.25) is 4.79 Å². The van der Waals surface area contributed by atoms with Gasteiger partial charge in [0.05, 0.1) is 23.2 Å². The number of aryl methyl sites for hydroxylation is 2. The summed E-state index contributed by atoms with van der Waals surface area (Å²) in [6, 6.07) is 11.6. The van der Waals surface area contributed by atoms with Crippen molar-refractivity contribution in [1.82, 2.24) is 10.3 Å². The molecule has 0 saturated carbocycles. The molecule has 1 aromatic carbocycles. The summed E-state index contributed by atoms with van der Waals surface area (Å²) >= 11 is 1.64. The summed E-state index contributed by atoms with van der Waals surface area (Å²) in [6.45, 7) is 5.81. The van der Waals surface area contributed by atoms with Crippen LogP contribution in [-0.4, -0.2) is 10.9 Å². The molecule has 0 spiro atoms. The molecule has 5 heteroatoms. The highest BCUT2D eigenvalue weighted by atomic mass is 32.1. The van der Waals surface area contributed by atoms with Crippen LogP contribution in [0.4, 0.5) is 0 Å². The minimum absolute atomic E-state index is 0.0196. The number of carbonyl (C=O) groups is 1. The van der Waals surface area contributed by atoms with Gasteiger partial charge in [-0.2, -0.15) is 0 Å². The molecule has 2 aromatic heterocycles. The zero-order valence-corrected chi connectivity index (χ0v) is 14.8. The van der Waals surface area contributed by atoms with Gasteiger partial charge < -0.3 is 9.73 Å². The van der Waals surface area contributed by atoms with Gasteiger partial charge in [0, 0.05) is 10.9 Å². The van der Waals surface area contributed by atoms with Crippen LogP contribution in [0.15, 0.2) is 46.2 Å². The first kappa shape index (κ1) is 16.5. The van der Waals surface area contributed by atoms with E-state index < -0.39 is 0 Å². The molecule has 0 fully saturated rings. The molecule has 0 bridgehead atoms. The Morgan fingerprint density at radius 1 is 1.21 bits per heavy atom. The third-order valence-corrected chi connectivity index (χ3v) is 4.57. The number of hydrogen-bond acceptors (Lipinski definition) is 4. The van der Waals surface area contributed by atoms with Crippen molar-refractivity contribution < 1.29 is 9.21 Å². The molecule has 1 N–H and O–H groups in total. The van der Waals surface area contributed by atoms with Gasteiger partial charge >= 0.3 is 0 Å². The van der Waals surface area contributed by atoms with E-state index in [-0.39, 0.29) is 11.9 Å². The number of furan rings is 1. The summed E-state index contributed by atoms with van der Waals surface area (Å²) in [7, 11) is 0. The van der Waals surface area contributed by atoms with E-state index in [4.69, 9.17) is 4.42 Å². The standard InChI is InChI=1S/C19H20N2O2S/c1-12-4-9-18(23-12)13(2)20-19(22)10-15-5-7-16(8-6-15)17-11-24-14(3)21-17/h4-9,11,13H,10H2,1-3H3,(H,20,22). The number of thiazole rings is 1. The van der Waals surface area contributed by atoms with E-state index >= 15 is 0 Å². The SMILES string of the molecule is Cc1ccc(C(C)NC(=O)Cc2ccc(-c3csc(C)n3)cc2)o1. The van der Waals surface area contributed by atoms with Gasteiger partial charge in [-0.15, -0.1) is 11.3 Å². The molecule has 1 atom stereocenters. The second kappa shape index (κ2) is 7.01. The molecule has 1 unspecified atom stereocenters. The van der Waals surface area contributed by atoms with Crippen LogP contribution in [0.1, 0.15) is 35.1 Å². The van der Waals surface area contributed by atoms with Gasteiger partial charge in [0.2, 0.25) is 5.91 Å². The highest BCUT2D eigenvalue weighted by Gasteiger charge is 2.13. The van der Waals surface area contributed by atoms with E-state index in [9.17, 15) is 4.79 Å². The largest absolute Gasteiger partial charge is 0.464 e. The average molecular weight is 340 g/mol. The number of aromatic nitrogens is 1. The average Bonchev–Trinajstić information content (AvgIpc) is 3.16. The summed E-state index contributed by atoms with van der Waals surface area (Å²) in [5, 5.41) is 6.06. The maximum Gasteiger partial charge on any atom is 0.224 e. The number of carbonyl (C=O) groups excluding carboxylic acids is 1. The van der Waals surface area contributed by atoms with E-state index in [2.05, 4.69) is 10.3 Å². The molecular formula is C19H20N2O2S. The van der Waals surface area contributed by atoms with Crippen molar-refractivity contribution in [2.75, 3.05) is 0 Å². The van der Waals surface area contributed by atoms with Crippen molar-refractivity contribution in [2.24, 2.45) is 0 Å². The zero-order valence-electron chi connectivity index (χ0n) is 14.0. The van der Waals surface area contributed by atoms with Gasteiger partial charge in [-0.05, 0) is 38.5 Å². The number of rotatable bonds is 5. The Balaban J connectivity index is 1.60. The second-order valence-electron chi connectivity index (χ2n) is 5.86. The third-order valence-electron chi connectivity index (χ3n) is 3.80. The first-order valence-corrected chi connectivity index (χ1v) is 8.76. The fourth-order valence-electron chi connectivity index (χ4n) is 2.52. The number of benzene rings is 1. The van der Waals surface area contributed by atoms with Crippen molar-refractivity contribution in [3.05, 3.63) is 63.9 Å². The number of amides is 1. The molecule has 0 aliphatic carbocycles. The van der Waals surface area contributed by atoms with Crippen molar-refractivity contribution >= 4 is 17.2 Å². The Kier molecular flexibility index (Phi) is 4.81. The lowest BCUT2D eigenvalue weighted by Crippen LogP contribution is -2.27. The van der Waals surface area contributed by atoms with Gasteiger partial charge in [0.25, 0.3) is 0 Å². The van der Waals surface area contributed by atoms with Crippen molar-refractivity contribution in [3.8, 4) is 11.3 Å². The maximum atomic E-state index is 12.2. The molecule has 1 amide bonds. The van der Waals surface area contributed by atoms with Crippen LogP contribution in [0.25, 0.3) is 11.3 Å². The molecule has 124 valence electrons. The van der Waals surface area contributed by atoms with E-state index in [0.717, 1.165) is 33.3 Å². The highest BCUT2D eigenvalue weighted by molar-refractivity contribution is 7.09. The Labute approximate surface area is 145 Å². The highest BCUT2D eigenvalue weighted by Crippen LogP contribution is 2.22. The van der Waals surface area contributed by atoms with Crippen LogP contribution < -0.4 is 5.32 Å². The number of hydrogen-bond donors (Lipinski definition) is 1. The fourth-order valence-corrected chi connectivity index (χ4v) is 3.15. The summed E-state index contributed by atoms with van der Waals surface area (Å²) in [4.78, 5) is 16.7. The van der Waals surface area contributed by atoms with E-state index in [1.54, 1.807) is 11.3 Å². The van der Waals surface area contributed by atoms with Gasteiger partial charge in [-0.25, -0.2) is 4.98 Å². The molecule has 0 saturated heterocycles. The number of nitrogens with zero attached hydrogens (tertiary/aromatic N) is 1. The summed E-state index contributed by atoms with van der Waals surface area (Å²) < 4.78 is 5.54. The monoisotopic (exact) mass is 340 g/mol.